The van der Waals surface area contributed by atoms with Crippen LogP contribution in [0.25, 0.3) is 0 Å². The Morgan fingerprint density at radius 2 is 2.28 bits per heavy atom. The van der Waals surface area contributed by atoms with Crippen molar-refractivity contribution in [3.63, 3.8) is 0 Å². The number of benzene rings is 1. The summed E-state index contributed by atoms with van der Waals surface area (Å²) in [5.41, 5.74) is 1.82. The van der Waals surface area contributed by atoms with E-state index >= 15 is 0 Å². The molecule has 1 aliphatic rings. The number of hydrogen-bond donors (Lipinski definition) is 2. The average Bonchev–Trinajstić information content (AvgIpc) is 3.16. The van der Waals surface area contributed by atoms with Gasteiger partial charge in [-0.2, -0.15) is 4.98 Å². The lowest BCUT2D eigenvalue weighted by Gasteiger charge is -2.04. The van der Waals surface area contributed by atoms with Crippen molar-refractivity contribution >= 4 is 5.69 Å². The van der Waals surface area contributed by atoms with Crippen molar-refractivity contribution in [3.8, 4) is 0 Å². The summed E-state index contributed by atoms with van der Waals surface area (Å²) in [5, 5.41) is 16.2. The molecule has 0 spiro atoms. The van der Waals surface area contributed by atoms with Gasteiger partial charge in [-0.15, -0.1) is 0 Å². The Balaban J connectivity index is 1.61. The molecule has 2 N–H and O–H groups in total. The van der Waals surface area contributed by atoms with Crippen molar-refractivity contribution in [1.82, 2.24) is 10.1 Å². The number of aliphatic hydroxyl groups is 1. The molecular weight excluding hydrogens is 230 g/mol. The van der Waals surface area contributed by atoms with E-state index in [1.165, 1.54) is 12.8 Å². The van der Waals surface area contributed by atoms with E-state index in [9.17, 15) is 0 Å². The second-order valence-corrected chi connectivity index (χ2v) is 4.53. The van der Waals surface area contributed by atoms with Gasteiger partial charge in [-0.25, -0.2) is 0 Å². The van der Waals surface area contributed by atoms with Crippen LogP contribution >= 0.6 is 0 Å². The molecule has 0 atom stereocenters. The van der Waals surface area contributed by atoms with Gasteiger partial charge in [-0.1, -0.05) is 17.3 Å². The first-order valence-corrected chi connectivity index (χ1v) is 6.11. The summed E-state index contributed by atoms with van der Waals surface area (Å²) in [4.78, 5) is 4.34. The minimum Gasteiger partial charge on any atom is -0.392 e. The Morgan fingerprint density at radius 3 is 3.06 bits per heavy atom. The lowest BCUT2D eigenvalue weighted by Crippen LogP contribution is -2.00. The van der Waals surface area contributed by atoms with E-state index in [2.05, 4.69) is 15.5 Å². The minimum atomic E-state index is 0.0436. The predicted molar refractivity (Wildman–Crippen MR) is 66.0 cm³/mol. The predicted octanol–water partition coefficient (Wildman–Crippen LogP) is 2.05. The van der Waals surface area contributed by atoms with Gasteiger partial charge in [0.15, 0.2) is 5.82 Å². The van der Waals surface area contributed by atoms with Gasteiger partial charge < -0.3 is 14.9 Å². The molecule has 0 radical (unpaired) electrons. The summed E-state index contributed by atoms with van der Waals surface area (Å²) in [7, 11) is 0. The van der Waals surface area contributed by atoms with E-state index in [4.69, 9.17) is 9.63 Å². The molecule has 1 fully saturated rings. The first-order valence-electron chi connectivity index (χ1n) is 6.11. The molecule has 0 amide bonds. The summed E-state index contributed by atoms with van der Waals surface area (Å²) in [5.74, 6) is 1.95. The summed E-state index contributed by atoms with van der Waals surface area (Å²) in [6.07, 6.45) is 2.34. The van der Waals surface area contributed by atoms with Gasteiger partial charge >= 0.3 is 0 Å². The highest BCUT2D eigenvalue weighted by Crippen LogP contribution is 2.38. The monoisotopic (exact) mass is 245 g/mol. The van der Waals surface area contributed by atoms with Crippen LogP contribution < -0.4 is 5.32 Å². The molecule has 0 aliphatic heterocycles. The van der Waals surface area contributed by atoms with Crippen molar-refractivity contribution in [2.75, 3.05) is 5.32 Å². The lowest BCUT2D eigenvalue weighted by molar-refractivity contribution is 0.282. The highest BCUT2D eigenvalue weighted by atomic mass is 16.5. The van der Waals surface area contributed by atoms with Gasteiger partial charge in [-0.05, 0) is 30.5 Å². The van der Waals surface area contributed by atoms with Gasteiger partial charge in [0.1, 0.15) is 0 Å². The molecule has 94 valence electrons. The smallest absolute Gasteiger partial charge is 0.245 e. The Bertz CT molecular complexity index is 535. The Labute approximate surface area is 105 Å². The molecule has 0 saturated heterocycles. The summed E-state index contributed by atoms with van der Waals surface area (Å²) in [6.45, 7) is 0.552. The maximum atomic E-state index is 9.05. The maximum absolute atomic E-state index is 9.05. The first kappa shape index (κ1) is 11.2. The molecule has 0 unspecified atom stereocenters. The fraction of sp³-hybridized carbons (Fsp3) is 0.385. The van der Waals surface area contributed by atoms with E-state index in [-0.39, 0.29) is 6.61 Å². The van der Waals surface area contributed by atoms with Gasteiger partial charge in [0, 0.05) is 11.6 Å². The van der Waals surface area contributed by atoms with E-state index in [0.717, 1.165) is 17.1 Å². The molecule has 1 saturated carbocycles. The highest BCUT2D eigenvalue weighted by Gasteiger charge is 2.28. The van der Waals surface area contributed by atoms with Gasteiger partial charge in [-0.3, -0.25) is 0 Å². The SMILES string of the molecule is OCc1cccc(NCc2nc(C3CC3)no2)c1. The molecule has 1 aromatic carbocycles. The van der Waals surface area contributed by atoms with Gasteiger partial charge in [0.05, 0.1) is 13.2 Å². The topological polar surface area (TPSA) is 71.2 Å². The van der Waals surface area contributed by atoms with Crippen LogP contribution in [0.4, 0.5) is 5.69 Å². The van der Waals surface area contributed by atoms with Crippen LogP contribution in [0.5, 0.6) is 0 Å². The summed E-state index contributed by atoms with van der Waals surface area (Å²) < 4.78 is 5.17. The van der Waals surface area contributed by atoms with Crippen LogP contribution in [0.15, 0.2) is 28.8 Å². The van der Waals surface area contributed by atoms with E-state index in [1.54, 1.807) is 0 Å². The third-order valence-electron chi connectivity index (χ3n) is 2.98. The number of nitrogens with one attached hydrogen (secondary N) is 1. The number of nitrogens with zero attached hydrogens (tertiary/aromatic N) is 2. The van der Waals surface area contributed by atoms with Crippen molar-refractivity contribution in [1.29, 1.82) is 0 Å². The second kappa shape index (κ2) is 4.78. The zero-order valence-corrected chi connectivity index (χ0v) is 9.97. The minimum absolute atomic E-state index is 0.0436. The fourth-order valence-electron chi connectivity index (χ4n) is 1.80. The van der Waals surface area contributed by atoms with Gasteiger partial charge in [0.2, 0.25) is 5.89 Å². The van der Waals surface area contributed by atoms with Gasteiger partial charge in [0.25, 0.3) is 0 Å². The average molecular weight is 245 g/mol. The van der Waals surface area contributed by atoms with Crippen LogP contribution in [-0.4, -0.2) is 15.2 Å². The molecule has 1 aromatic heterocycles. The van der Waals surface area contributed by atoms with Crippen molar-refractivity contribution in [2.24, 2.45) is 0 Å². The largest absolute Gasteiger partial charge is 0.392 e. The summed E-state index contributed by atoms with van der Waals surface area (Å²) >= 11 is 0. The normalized spacial score (nSPS) is 14.7. The number of aromatic nitrogens is 2. The van der Waals surface area contributed by atoms with Crippen molar-refractivity contribution in [3.05, 3.63) is 41.5 Å². The quantitative estimate of drug-likeness (QED) is 0.843. The van der Waals surface area contributed by atoms with Crippen molar-refractivity contribution < 1.29 is 9.63 Å². The summed E-state index contributed by atoms with van der Waals surface area (Å²) in [6, 6.07) is 7.62. The molecular formula is C13H15N3O2. The molecule has 0 bridgehead atoms. The van der Waals surface area contributed by atoms with E-state index in [1.807, 2.05) is 24.3 Å². The van der Waals surface area contributed by atoms with E-state index in [0.29, 0.717) is 18.4 Å². The zero-order valence-electron chi connectivity index (χ0n) is 9.97. The standard InChI is InChI=1S/C13H15N3O2/c17-8-9-2-1-3-11(6-9)14-7-12-15-13(16-18-12)10-4-5-10/h1-3,6,10,14,17H,4-5,7-8H2. The van der Waals surface area contributed by atoms with Crippen LogP contribution in [-0.2, 0) is 13.2 Å². The van der Waals surface area contributed by atoms with Crippen LogP contribution in [0.3, 0.4) is 0 Å². The maximum Gasteiger partial charge on any atom is 0.245 e. The Kier molecular flexibility index (Phi) is 2.98. The molecule has 18 heavy (non-hydrogen) atoms. The lowest BCUT2D eigenvalue weighted by atomic mass is 10.2. The number of anilines is 1. The molecule has 2 aromatic rings. The Morgan fingerprint density at radius 1 is 1.39 bits per heavy atom. The number of rotatable bonds is 5. The van der Waals surface area contributed by atoms with Crippen LogP contribution in [0.2, 0.25) is 0 Å². The molecule has 5 nitrogen and oxygen atoms in total. The van der Waals surface area contributed by atoms with E-state index < -0.39 is 0 Å². The molecule has 1 heterocycles. The molecule has 3 rings (SSSR count). The fourth-order valence-corrected chi connectivity index (χ4v) is 1.80. The first-order chi connectivity index (χ1) is 8.85. The number of hydrogen-bond acceptors (Lipinski definition) is 5. The zero-order chi connectivity index (χ0) is 12.4. The third kappa shape index (κ3) is 2.51. The highest BCUT2D eigenvalue weighted by molar-refractivity contribution is 5.45. The van der Waals surface area contributed by atoms with Crippen LogP contribution in [0, 0.1) is 0 Å². The third-order valence-corrected chi connectivity index (χ3v) is 2.98. The van der Waals surface area contributed by atoms with Crippen LogP contribution in [0.1, 0.15) is 36.0 Å². The number of aliphatic hydroxyl groups excluding tert-OH is 1. The van der Waals surface area contributed by atoms with Crippen molar-refractivity contribution in [2.45, 2.75) is 31.9 Å². The molecule has 1 aliphatic carbocycles. The Hall–Kier alpha value is -1.88. The second-order valence-electron chi connectivity index (χ2n) is 4.53. The molecule has 5 heteroatoms.